The van der Waals surface area contributed by atoms with E-state index in [0.29, 0.717) is 12.1 Å². The van der Waals surface area contributed by atoms with Crippen LogP contribution < -0.4 is 10.6 Å². The minimum atomic E-state index is 0.443. The van der Waals surface area contributed by atoms with Gasteiger partial charge in [0, 0.05) is 12.1 Å². The van der Waals surface area contributed by atoms with E-state index < -0.39 is 0 Å². The van der Waals surface area contributed by atoms with Crippen molar-refractivity contribution in [1.82, 2.24) is 10.6 Å². The Hall–Kier alpha value is -0.310. The summed E-state index contributed by atoms with van der Waals surface area (Å²) in [7, 11) is 0. The highest BCUT2D eigenvalue weighted by molar-refractivity contribution is 7.80. The van der Waals surface area contributed by atoms with Gasteiger partial charge < -0.3 is 10.6 Å². The van der Waals surface area contributed by atoms with Gasteiger partial charge >= 0.3 is 0 Å². The quantitative estimate of drug-likeness (QED) is 0.587. The van der Waals surface area contributed by atoms with Crippen molar-refractivity contribution < 1.29 is 0 Å². The van der Waals surface area contributed by atoms with E-state index in [1.807, 2.05) is 0 Å². The van der Waals surface area contributed by atoms with Gasteiger partial charge in [-0.25, -0.2) is 0 Å². The van der Waals surface area contributed by atoms with E-state index in [9.17, 15) is 0 Å². The van der Waals surface area contributed by atoms with Crippen molar-refractivity contribution in [2.75, 3.05) is 0 Å². The smallest absolute Gasteiger partial charge is 0.166 e. The average Bonchev–Trinajstić information content (AvgIpc) is 2.46. The first-order valence-corrected chi connectivity index (χ1v) is 4.16. The molecule has 0 aromatic heterocycles. The minimum absolute atomic E-state index is 0.443. The van der Waals surface area contributed by atoms with Gasteiger partial charge in [0.05, 0.1) is 0 Å². The number of hydrogen-bond acceptors (Lipinski definition) is 1. The molecule has 1 aliphatic rings. The maximum absolute atomic E-state index is 5.02. The maximum atomic E-state index is 5.02. The molecule has 10 heavy (non-hydrogen) atoms. The van der Waals surface area contributed by atoms with Gasteiger partial charge in [-0.3, -0.25) is 0 Å². The van der Waals surface area contributed by atoms with Crippen LogP contribution in [-0.2, 0) is 0 Å². The van der Waals surface area contributed by atoms with Crippen molar-refractivity contribution in [3.05, 3.63) is 0 Å². The molecule has 0 bridgehead atoms. The summed E-state index contributed by atoms with van der Waals surface area (Å²) < 4.78 is 0. The molecule has 0 heterocycles. The van der Waals surface area contributed by atoms with Crippen molar-refractivity contribution in [2.45, 2.75) is 38.8 Å². The van der Waals surface area contributed by atoms with Crippen LogP contribution in [0, 0.1) is 0 Å². The molecule has 0 saturated heterocycles. The van der Waals surface area contributed by atoms with Crippen LogP contribution in [-0.4, -0.2) is 17.2 Å². The molecule has 0 atom stereocenters. The van der Waals surface area contributed by atoms with E-state index in [-0.39, 0.29) is 0 Å². The van der Waals surface area contributed by atoms with E-state index in [1.54, 1.807) is 0 Å². The molecule has 0 spiro atoms. The van der Waals surface area contributed by atoms with Crippen LogP contribution in [0.3, 0.4) is 0 Å². The molecule has 0 aromatic rings. The second-order valence-electron chi connectivity index (χ2n) is 3.05. The van der Waals surface area contributed by atoms with Gasteiger partial charge in [0.15, 0.2) is 5.11 Å². The number of rotatable bonds is 2. The Morgan fingerprint density at radius 1 is 1.50 bits per heavy atom. The minimum Gasteiger partial charge on any atom is -0.361 e. The zero-order chi connectivity index (χ0) is 7.56. The summed E-state index contributed by atoms with van der Waals surface area (Å²) in [5, 5.41) is 7.14. The van der Waals surface area contributed by atoms with Crippen LogP contribution in [0.15, 0.2) is 0 Å². The highest BCUT2D eigenvalue weighted by Gasteiger charge is 2.21. The van der Waals surface area contributed by atoms with Crippen molar-refractivity contribution in [3.63, 3.8) is 0 Å². The van der Waals surface area contributed by atoms with E-state index in [4.69, 9.17) is 12.2 Å². The topological polar surface area (TPSA) is 24.1 Å². The zero-order valence-corrected chi connectivity index (χ0v) is 7.29. The molecule has 0 radical (unpaired) electrons. The van der Waals surface area contributed by atoms with Crippen LogP contribution in [0.2, 0.25) is 0 Å². The Balaban J connectivity index is 2.08. The first-order chi connectivity index (χ1) is 4.68. The SMILES string of the molecule is CC(C)NC(=S)NC1CC1. The van der Waals surface area contributed by atoms with E-state index in [0.717, 1.165) is 5.11 Å². The molecule has 1 saturated carbocycles. The Labute approximate surface area is 67.4 Å². The summed E-state index contributed by atoms with van der Waals surface area (Å²) in [6.45, 7) is 4.17. The van der Waals surface area contributed by atoms with Gasteiger partial charge in [0.25, 0.3) is 0 Å². The highest BCUT2D eigenvalue weighted by atomic mass is 32.1. The molecule has 0 aliphatic heterocycles. The lowest BCUT2D eigenvalue weighted by atomic mass is 10.4. The molecule has 0 unspecified atom stereocenters. The highest BCUT2D eigenvalue weighted by Crippen LogP contribution is 2.18. The van der Waals surface area contributed by atoms with Crippen molar-refractivity contribution >= 4 is 17.3 Å². The third kappa shape index (κ3) is 3.01. The van der Waals surface area contributed by atoms with Gasteiger partial charge in [-0.1, -0.05) is 0 Å². The first kappa shape index (κ1) is 7.79. The molecule has 0 aromatic carbocycles. The standard InChI is InChI=1S/C7H14N2S/c1-5(2)8-7(10)9-6-3-4-6/h5-6H,3-4H2,1-2H3,(H2,8,9,10). The zero-order valence-electron chi connectivity index (χ0n) is 6.48. The molecular weight excluding hydrogens is 144 g/mol. The largest absolute Gasteiger partial charge is 0.361 e. The lowest BCUT2D eigenvalue weighted by Gasteiger charge is -2.11. The summed E-state index contributed by atoms with van der Waals surface area (Å²) in [5.41, 5.74) is 0. The second-order valence-corrected chi connectivity index (χ2v) is 3.46. The summed E-state index contributed by atoms with van der Waals surface area (Å²) in [5.74, 6) is 0. The van der Waals surface area contributed by atoms with Gasteiger partial charge in [0.2, 0.25) is 0 Å². The Morgan fingerprint density at radius 3 is 2.50 bits per heavy atom. The van der Waals surface area contributed by atoms with Crippen LogP contribution in [0.4, 0.5) is 0 Å². The second kappa shape index (κ2) is 3.19. The van der Waals surface area contributed by atoms with Crippen molar-refractivity contribution in [3.8, 4) is 0 Å². The number of hydrogen-bond donors (Lipinski definition) is 2. The molecule has 2 nitrogen and oxygen atoms in total. The number of nitrogens with one attached hydrogen (secondary N) is 2. The van der Waals surface area contributed by atoms with Gasteiger partial charge in [-0.2, -0.15) is 0 Å². The fraction of sp³-hybridized carbons (Fsp3) is 0.857. The molecule has 3 heteroatoms. The summed E-state index contributed by atoms with van der Waals surface area (Å²) in [6.07, 6.45) is 2.56. The van der Waals surface area contributed by atoms with E-state index >= 15 is 0 Å². The van der Waals surface area contributed by atoms with Crippen LogP contribution in [0.25, 0.3) is 0 Å². The molecule has 1 aliphatic carbocycles. The Bertz CT molecular complexity index is 124. The van der Waals surface area contributed by atoms with Gasteiger partial charge in [-0.15, -0.1) is 0 Å². The van der Waals surface area contributed by atoms with Gasteiger partial charge in [0.1, 0.15) is 0 Å². The van der Waals surface area contributed by atoms with Crippen LogP contribution >= 0.6 is 12.2 Å². The summed E-state index contributed by atoms with van der Waals surface area (Å²) in [6, 6.07) is 1.11. The molecule has 2 N–H and O–H groups in total. The lowest BCUT2D eigenvalue weighted by Crippen LogP contribution is -2.40. The third-order valence-electron chi connectivity index (χ3n) is 1.33. The predicted molar refractivity (Wildman–Crippen MR) is 47.0 cm³/mol. The number of thiocarbonyl (C=S) groups is 1. The van der Waals surface area contributed by atoms with Crippen LogP contribution in [0.5, 0.6) is 0 Å². The lowest BCUT2D eigenvalue weighted by molar-refractivity contribution is 0.711. The Kier molecular flexibility index (Phi) is 2.49. The first-order valence-electron chi connectivity index (χ1n) is 3.75. The fourth-order valence-electron chi connectivity index (χ4n) is 0.717. The maximum Gasteiger partial charge on any atom is 0.166 e. The fourth-order valence-corrected chi connectivity index (χ4v) is 1.12. The molecule has 58 valence electrons. The Morgan fingerprint density at radius 2 is 2.10 bits per heavy atom. The third-order valence-corrected chi connectivity index (χ3v) is 1.57. The summed E-state index contributed by atoms with van der Waals surface area (Å²) in [4.78, 5) is 0. The van der Waals surface area contributed by atoms with Gasteiger partial charge in [-0.05, 0) is 38.9 Å². The molecule has 0 amide bonds. The van der Waals surface area contributed by atoms with E-state index in [2.05, 4.69) is 24.5 Å². The van der Waals surface area contributed by atoms with Crippen LogP contribution in [0.1, 0.15) is 26.7 Å². The monoisotopic (exact) mass is 158 g/mol. The van der Waals surface area contributed by atoms with Crippen molar-refractivity contribution in [1.29, 1.82) is 0 Å². The molecule has 1 rings (SSSR count). The predicted octanol–water partition coefficient (Wildman–Crippen LogP) is 1.02. The average molecular weight is 158 g/mol. The van der Waals surface area contributed by atoms with E-state index in [1.165, 1.54) is 12.8 Å². The normalized spacial score (nSPS) is 17.1. The molecule has 1 fully saturated rings. The molecular formula is C7H14N2S. The van der Waals surface area contributed by atoms with Crippen molar-refractivity contribution in [2.24, 2.45) is 0 Å². The summed E-state index contributed by atoms with van der Waals surface area (Å²) >= 11 is 5.02.